The summed E-state index contributed by atoms with van der Waals surface area (Å²) >= 11 is 0. The molecule has 1 N–H and O–H groups in total. The molecule has 1 fully saturated rings. The summed E-state index contributed by atoms with van der Waals surface area (Å²) in [6, 6.07) is 1.53. The number of methoxy groups -OCH3 is 1. The summed E-state index contributed by atoms with van der Waals surface area (Å²) in [6.07, 6.45) is 5.08. The predicted octanol–water partition coefficient (Wildman–Crippen LogP) is 3.24. The van der Waals surface area contributed by atoms with Crippen LogP contribution < -0.4 is 0 Å². The predicted molar refractivity (Wildman–Crippen MR) is 71.1 cm³/mol. The normalized spacial score (nSPS) is 23.0. The van der Waals surface area contributed by atoms with Crippen molar-refractivity contribution in [2.24, 2.45) is 5.41 Å². The third-order valence-corrected chi connectivity index (χ3v) is 4.45. The van der Waals surface area contributed by atoms with Gasteiger partial charge in [0.15, 0.2) is 0 Å². The van der Waals surface area contributed by atoms with E-state index in [1.165, 1.54) is 12.3 Å². The van der Waals surface area contributed by atoms with Crippen LogP contribution in [0.15, 0.2) is 18.5 Å². The van der Waals surface area contributed by atoms with E-state index in [4.69, 9.17) is 4.74 Å². The van der Waals surface area contributed by atoms with E-state index in [0.717, 1.165) is 31.9 Å². The van der Waals surface area contributed by atoms with Crippen molar-refractivity contribution in [1.29, 1.82) is 0 Å². The number of ether oxygens (including phenoxy) is 1. The smallest absolute Gasteiger partial charge is 0.147 e. The number of aliphatic hydroxyl groups is 1. The van der Waals surface area contributed by atoms with E-state index in [1.54, 1.807) is 7.11 Å². The standard InChI is InChI=1S/C15H22FNO2/c1-14(2)5-7-15(19-3,8-6-14)13(18)11-4-9-17-10-12(11)16/h4,9-10,13,18H,5-8H2,1-3H3. The van der Waals surface area contributed by atoms with Gasteiger partial charge in [-0.1, -0.05) is 13.8 Å². The minimum Gasteiger partial charge on any atom is -0.385 e. The Morgan fingerprint density at radius 1 is 1.32 bits per heavy atom. The van der Waals surface area contributed by atoms with Crippen molar-refractivity contribution < 1.29 is 14.2 Å². The topological polar surface area (TPSA) is 42.4 Å². The van der Waals surface area contributed by atoms with Crippen LogP contribution in [0.3, 0.4) is 0 Å². The largest absolute Gasteiger partial charge is 0.385 e. The van der Waals surface area contributed by atoms with Crippen LogP contribution in [-0.2, 0) is 4.74 Å². The summed E-state index contributed by atoms with van der Waals surface area (Å²) in [5.74, 6) is -0.476. The van der Waals surface area contributed by atoms with Crippen LogP contribution in [0, 0.1) is 11.2 Å². The number of nitrogens with zero attached hydrogens (tertiary/aromatic N) is 1. The molecule has 1 aromatic rings. The van der Waals surface area contributed by atoms with Crippen LogP contribution in [0.2, 0.25) is 0 Å². The molecule has 0 saturated heterocycles. The fourth-order valence-electron chi connectivity index (χ4n) is 2.83. The molecule has 0 radical (unpaired) electrons. The molecule has 0 bridgehead atoms. The van der Waals surface area contributed by atoms with Crippen LogP contribution in [0.5, 0.6) is 0 Å². The lowest BCUT2D eigenvalue weighted by Gasteiger charge is -2.45. The fraction of sp³-hybridized carbons (Fsp3) is 0.667. The van der Waals surface area contributed by atoms with Gasteiger partial charge in [-0.2, -0.15) is 0 Å². The highest BCUT2D eigenvalue weighted by Gasteiger charge is 2.45. The minimum atomic E-state index is -0.948. The molecule has 2 rings (SSSR count). The number of pyridine rings is 1. The summed E-state index contributed by atoms with van der Waals surface area (Å²) < 4.78 is 19.4. The first kappa shape index (κ1) is 14.4. The lowest BCUT2D eigenvalue weighted by Crippen LogP contribution is -2.44. The van der Waals surface area contributed by atoms with Crippen LogP contribution in [0.4, 0.5) is 4.39 Å². The summed E-state index contributed by atoms with van der Waals surface area (Å²) in [7, 11) is 1.60. The molecule has 19 heavy (non-hydrogen) atoms. The summed E-state index contributed by atoms with van der Waals surface area (Å²) in [6.45, 7) is 4.43. The zero-order chi connectivity index (χ0) is 14.1. The van der Waals surface area contributed by atoms with Crippen molar-refractivity contribution >= 4 is 0 Å². The molecular weight excluding hydrogens is 245 g/mol. The van der Waals surface area contributed by atoms with Crippen molar-refractivity contribution in [3.63, 3.8) is 0 Å². The molecule has 0 aliphatic heterocycles. The second-order valence-electron chi connectivity index (χ2n) is 6.23. The Balaban J connectivity index is 2.25. The Morgan fingerprint density at radius 3 is 2.47 bits per heavy atom. The van der Waals surface area contributed by atoms with Gasteiger partial charge in [-0.05, 0) is 37.2 Å². The Kier molecular flexibility index (Phi) is 3.92. The van der Waals surface area contributed by atoms with Gasteiger partial charge in [0.1, 0.15) is 11.9 Å². The summed E-state index contributed by atoms with van der Waals surface area (Å²) in [5.41, 5.74) is -0.146. The highest BCUT2D eigenvalue weighted by Crippen LogP contribution is 2.47. The van der Waals surface area contributed by atoms with Gasteiger partial charge in [-0.3, -0.25) is 4.98 Å². The number of rotatable bonds is 3. The molecule has 1 atom stereocenters. The Labute approximate surface area is 113 Å². The number of hydrogen-bond acceptors (Lipinski definition) is 3. The Hall–Kier alpha value is -1.00. The average molecular weight is 267 g/mol. The Bertz CT molecular complexity index is 438. The zero-order valence-electron chi connectivity index (χ0n) is 11.8. The first-order valence-electron chi connectivity index (χ1n) is 6.73. The summed E-state index contributed by atoms with van der Waals surface area (Å²) in [4.78, 5) is 3.72. The number of aromatic nitrogens is 1. The molecule has 4 heteroatoms. The molecular formula is C15H22FNO2. The molecule has 1 aromatic heterocycles. The number of halogens is 1. The molecule has 1 aliphatic rings. The van der Waals surface area contributed by atoms with E-state index in [-0.39, 0.29) is 11.0 Å². The molecule has 0 amide bonds. The quantitative estimate of drug-likeness (QED) is 0.914. The van der Waals surface area contributed by atoms with Gasteiger partial charge in [-0.15, -0.1) is 0 Å². The van der Waals surface area contributed by atoms with Gasteiger partial charge < -0.3 is 9.84 Å². The van der Waals surface area contributed by atoms with E-state index >= 15 is 0 Å². The molecule has 1 saturated carbocycles. The van der Waals surface area contributed by atoms with Crippen LogP contribution in [0.25, 0.3) is 0 Å². The van der Waals surface area contributed by atoms with Crippen LogP contribution in [-0.4, -0.2) is 22.8 Å². The van der Waals surface area contributed by atoms with Crippen molar-refractivity contribution in [2.75, 3.05) is 7.11 Å². The van der Waals surface area contributed by atoms with Crippen molar-refractivity contribution in [3.05, 3.63) is 29.8 Å². The van der Waals surface area contributed by atoms with Gasteiger partial charge in [0.05, 0.1) is 11.8 Å². The molecule has 0 aromatic carbocycles. The highest BCUT2D eigenvalue weighted by atomic mass is 19.1. The van der Waals surface area contributed by atoms with E-state index in [2.05, 4.69) is 18.8 Å². The van der Waals surface area contributed by atoms with Gasteiger partial charge >= 0.3 is 0 Å². The SMILES string of the molecule is COC1(C(O)c2ccncc2F)CCC(C)(C)CC1. The second-order valence-corrected chi connectivity index (χ2v) is 6.23. The maximum absolute atomic E-state index is 13.8. The average Bonchev–Trinajstić information content (AvgIpc) is 2.39. The van der Waals surface area contributed by atoms with Crippen molar-refractivity contribution in [1.82, 2.24) is 4.98 Å². The van der Waals surface area contributed by atoms with Crippen molar-refractivity contribution in [2.45, 2.75) is 51.2 Å². The van der Waals surface area contributed by atoms with Gasteiger partial charge in [0.25, 0.3) is 0 Å². The van der Waals surface area contributed by atoms with E-state index in [9.17, 15) is 9.50 Å². The second kappa shape index (κ2) is 5.17. The van der Waals surface area contributed by atoms with Crippen molar-refractivity contribution in [3.8, 4) is 0 Å². The Morgan fingerprint density at radius 2 is 1.95 bits per heavy atom. The van der Waals surface area contributed by atoms with E-state index < -0.39 is 17.5 Å². The van der Waals surface area contributed by atoms with E-state index in [0.29, 0.717) is 0 Å². The first-order valence-corrected chi connectivity index (χ1v) is 6.73. The molecule has 1 unspecified atom stereocenters. The molecule has 1 aliphatic carbocycles. The van der Waals surface area contributed by atoms with E-state index in [1.807, 2.05) is 0 Å². The van der Waals surface area contributed by atoms with Gasteiger partial charge in [0, 0.05) is 18.9 Å². The van der Waals surface area contributed by atoms with Gasteiger partial charge in [0.2, 0.25) is 0 Å². The lowest BCUT2D eigenvalue weighted by molar-refractivity contribution is -0.139. The third kappa shape index (κ3) is 2.79. The maximum atomic E-state index is 13.8. The molecule has 106 valence electrons. The number of aliphatic hydroxyl groups excluding tert-OH is 1. The summed E-state index contributed by atoms with van der Waals surface area (Å²) in [5, 5.41) is 10.6. The third-order valence-electron chi connectivity index (χ3n) is 4.45. The number of hydrogen-bond donors (Lipinski definition) is 1. The molecule has 0 spiro atoms. The van der Waals surface area contributed by atoms with Crippen LogP contribution >= 0.6 is 0 Å². The molecule has 3 nitrogen and oxygen atoms in total. The molecule has 1 heterocycles. The zero-order valence-corrected chi connectivity index (χ0v) is 11.8. The van der Waals surface area contributed by atoms with Crippen LogP contribution in [0.1, 0.15) is 51.2 Å². The fourth-order valence-corrected chi connectivity index (χ4v) is 2.83. The first-order chi connectivity index (χ1) is 8.90. The highest BCUT2D eigenvalue weighted by molar-refractivity contribution is 5.20. The monoisotopic (exact) mass is 267 g/mol. The lowest BCUT2D eigenvalue weighted by atomic mass is 9.68. The minimum absolute atomic E-state index is 0.262. The van der Waals surface area contributed by atoms with Gasteiger partial charge in [-0.25, -0.2) is 4.39 Å². The maximum Gasteiger partial charge on any atom is 0.147 e.